The first-order valence-corrected chi connectivity index (χ1v) is 6.43. The lowest BCUT2D eigenvalue weighted by atomic mass is 9.89. The van der Waals surface area contributed by atoms with E-state index in [1.54, 1.807) is 7.11 Å². The molecule has 1 heterocycles. The third-order valence-electron chi connectivity index (χ3n) is 3.78. The second-order valence-corrected chi connectivity index (χ2v) is 4.97. The minimum atomic E-state index is -0.700. The van der Waals surface area contributed by atoms with Gasteiger partial charge in [0.05, 0.1) is 31.0 Å². The van der Waals surface area contributed by atoms with Gasteiger partial charge in [0.25, 0.3) is 5.91 Å². The van der Waals surface area contributed by atoms with Gasteiger partial charge in [0.2, 0.25) is 0 Å². The first-order chi connectivity index (χ1) is 8.65. The molecule has 0 radical (unpaired) electrons. The second kappa shape index (κ2) is 5.97. The van der Waals surface area contributed by atoms with Gasteiger partial charge in [0, 0.05) is 7.11 Å². The fourth-order valence-corrected chi connectivity index (χ4v) is 2.39. The van der Waals surface area contributed by atoms with Crippen molar-refractivity contribution in [2.75, 3.05) is 13.7 Å². The molecule has 104 valence electrons. The number of nitrogens with one attached hydrogen (secondary N) is 1. The van der Waals surface area contributed by atoms with Gasteiger partial charge < -0.3 is 25.0 Å². The van der Waals surface area contributed by atoms with Crippen LogP contribution in [0, 0.1) is 0 Å². The Kier molecular flexibility index (Phi) is 4.55. The lowest BCUT2D eigenvalue weighted by molar-refractivity contribution is -0.168. The topological polar surface area (TPSA) is 88.0 Å². The van der Waals surface area contributed by atoms with E-state index in [0.29, 0.717) is 12.8 Å². The number of rotatable bonds is 4. The summed E-state index contributed by atoms with van der Waals surface area (Å²) in [5.74, 6) is -0.260. The second-order valence-electron chi connectivity index (χ2n) is 4.97. The molecule has 1 saturated heterocycles. The SMILES string of the molecule is COC1CCC(CO)OC1C(=O)N[C@@H]1CC[C@H]1O. The van der Waals surface area contributed by atoms with Crippen LogP contribution in [0.4, 0.5) is 0 Å². The largest absolute Gasteiger partial charge is 0.394 e. The average Bonchev–Trinajstić information content (AvgIpc) is 2.41. The summed E-state index contributed by atoms with van der Waals surface area (Å²) in [6.07, 6.45) is 1.14. The number of methoxy groups -OCH3 is 1. The Morgan fingerprint density at radius 3 is 2.67 bits per heavy atom. The first kappa shape index (κ1) is 13.7. The number of hydrogen-bond donors (Lipinski definition) is 3. The van der Waals surface area contributed by atoms with E-state index in [-0.39, 0.29) is 30.8 Å². The Labute approximate surface area is 106 Å². The number of carbonyl (C=O) groups is 1. The third kappa shape index (κ3) is 2.83. The predicted molar refractivity (Wildman–Crippen MR) is 62.9 cm³/mol. The zero-order chi connectivity index (χ0) is 13.1. The Morgan fingerprint density at radius 2 is 2.17 bits per heavy atom. The van der Waals surface area contributed by atoms with Crippen LogP contribution in [-0.2, 0) is 14.3 Å². The van der Waals surface area contributed by atoms with Crippen molar-refractivity contribution in [2.24, 2.45) is 0 Å². The molecule has 0 aromatic heterocycles. The monoisotopic (exact) mass is 259 g/mol. The van der Waals surface area contributed by atoms with Crippen molar-refractivity contribution in [1.82, 2.24) is 5.32 Å². The summed E-state index contributed by atoms with van der Waals surface area (Å²) in [5.41, 5.74) is 0. The van der Waals surface area contributed by atoms with Gasteiger partial charge in [-0.05, 0) is 25.7 Å². The maximum Gasteiger partial charge on any atom is 0.252 e. The molecule has 2 fully saturated rings. The Bertz CT molecular complexity index is 298. The normalized spacial score (nSPS) is 40.1. The molecule has 3 unspecified atom stereocenters. The number of hydrogen-bond acceptors (Lipinski definition) is 5. The summed E-state index contributed by atoms with van der Waals surface area (Å²) in [6.45, 7) is -0.0910. The first-order valence-electron chi connectivity index (χ1n) is 6.43. The number of carbonyl (C=O) groups excluding carboxylic acids is 1. The lowest BCUT2D eigenvalue weighted by Gasteiger charge is -2.38. The fourth-order valence-electron chi connectivity index (χ4n) is 2.39. The summed E-state index contributed by atoms with van der Waals surface area (Å²) in [4.78, 5) is 12.1. The maximum absolute atomic E-state index is 12.1. The summed E-state index contributed by atoms with van der Waals surface area (Å²) in [7, 11) is 1.55. The summed E-state index contributed by atoms with van der Waals surface area (Å²) < 4.78 is 10.8. The molecule has 0 bridgehead atoms. The Balaban J connectivity index is 1.92. The van der Waals surface area contributed by atoms with Crippen LogP contribution in [0.5, 0.6) is 0 Å². The highest BCUT2D eigenvalue weighted by molar-refractivity contribution is 5.82. The predicted octanol–water partition coefficient (Wildman–Crippen LogP) is -0.819. The van der Waals surface area contributed by atoms with Crippen molar-refractivity contribution in [3.63, 3.8) is 0 Å². The standard InChI is InChI=1S/C12H21NO5/c1-17-10-5-2-7(6-14)18-11(10)12(16)13-8-3-4-9(8)15/h7-11,14-15H,2-6H2,1H3,(H,13,16)/t7?,8-,9-,10?,11?/m1/s1. The van der Waals surface area contributed by atoms with Crippen molar-refractivity contribution in [2.45, 2.75) is 56.1 Å². The van der Waals surface area contributed by atoms with E-state index in [1.807, 2.05) is 0 Å². The van der Waals surface area contributed by atoms with Crippen LogP contribution in [0.1, 0.15) is 25.7 Å². The highest BCUT2D eigenvalue weighted by Crippen LogP contribution is 2.24. The number of ether oxygens (including phenoxy) is 2. The van der Waals surface area contributed by atoms with Gasteiger partial charge in [-0.15, -0.1) is 0 Å². The van der Waals surface area contributed by atoms with E-state index >= 15 is 0 Å². The van der Waals surface area contributed by atoms with E-state index in [9.17, 15) is 9.90 Å². The van der Waals surface area contributed by atoms with Gasteiger partial charge in [-0.3, -0.25) is 4.79 Å². The van der Waals surface area contributed by atoms with Crippen LogP contribution < -0.4 is 5.32 Å². The van der Waals surface area contributed by atoms with E-state index in [0.717, 1.165) is 12.8 Å². The van der Waals surface area contributed by atoms with E-state index in [1.165, 1.54) is 0 Å². The van der Waals surface area contributed by atoms with Gasteiger partial charge in [-0.25, -0.2) is 0 Å². The average molecular weight is 259 g/mol. The molecule has 0 aromatic carbocycles. The van der Waals surface area contributed by atoms with Gasteiger partial charge in [-0.2, -0.15) is 0 Å². The molecule has 1 aliphatic heterocycles. The zero-order valence-electron chi connectivity index (χ0n) is 10.5. The third-order valence-corrected chi connectivity index (χ3v) is 3.78. The van der Waals surface area contributed by atoms with E-state index in [2.05, 4.69) is 5.32 Å². The molecule has 6 heteroatoms. The molecule has 3 N–H and O–H groups in total. The minimum Gasteiger partial charge on any atom is -0.394 e. The number of aliphatic hydroxyl groups excluding tert-OH is 2. The summed E-state index contributed by atoms with van der Waals surface area (Å²) in [6, 6.07) is -0.173. The van der Waals surface area contributed by atoms with Crippen molar-refractivity contribution in [3.05, 3.63) is 0 Å². The molecule has 2 aliphatic rings. The van der Waals surface area contributed by atoms with Crippen molar-refractivity contribution in [3.8, 4) is 0 Å². The molecular formula is C12H21NO5. The lowest BCUT2D eigenvalue weighted by Crippen LogP contribution is -2.57. The summed E-state index contributed by atoms with van der Waals surface area (Å²) >= 11 is 0. The molecule has 0 spiro atoms. The molecule has 18 heavy (non-hydrogen) atoms. The van der Waals surface area contributed by atoms with E-state index in [4.69, 9.17) is 14.6 Å². The zero-order valence-corrected chi connectivity index (χ0v) is 10.5. The minimum absolute atomic E-state index is 0.0910. The Morgan fingerprint density at radius 1 is 1.39 bits per heavy atom. The number of amides is 1. The number of aliphatic hydroxyl groups is 2. The van der Waals surface area contributed by atoms with Gasteiger partial charge in [-0.1, -0.05) is 0 Å². The van der Waals surface area contributed by atoms with Gasteiger partial charge >= 0.3 is 0 Å². The quantitative estimate of drug-likeness (QED) is 0.614. The molecule has 1 amide bonds. The van der Waals surface area contributed by atoms with Crippen LogP contribution in [0.3, 0.4) is 0 Å². The highest BCUT2D eigenvalue weighted by Gasteiger charge is 2.39. The highest BCUT2D eigenvalue weighted by atomic mass is 16.6. The molecule has 1 saturated carbocycles. The molecular weight excluding hydrogens is 238 g/mol. The van der Waals surface area contributed by atoms with Crippen LogP contribution in [0.25, 0.3) is 0 Å². The van der Waals surface area contributed by atoms with Crippen LogP contribution in [-0.4, -0.2) is 60.3 Å². The fraction of sp³-hybridized carbons (Fsp3) is 0.917. The van der Waals surface area contributed by atoms with Crippen molar-refractivity contribution in [1.29, 1.82) is 0 Å². The maximum atomic E-state index is 12.1. The molecule has 6 nitrogen and oxygen atoms in total. The molecule has 5 atom stereocenters. The molecule has 0 aromatic rings. The van der Waals surface area contributed by atoms with Crippen molar-refractivity contribution < 1.29 is 24.5 Å². The van der Waals surface area contributed by atoms with E-state index < -0.39 is 12.2 Å². The van der Waals surface area contributed by atoms with Crippen molar-refractivity contribution >= 4 is 5.91 Å². The molecule has 1 aliphatic carbocycles. The molecule has 2 rings (SSSR count). The summed E-state index contributed by atoms with van der Waals surface area (Å²) in [5, 5.41) is 21.3. The van der Waals surface area contributed by atoms with Crippen LogP contribution >= 0.6 is 0 Å². The smallest absolute Gasteiger partial charge is 0.252 e. The van der Waals surface area contributed by atoms with Crippen LogP contribution in [0.2, 0.25) is 0 Å². The van der Waals surface area contributed by atoms with Crippen LogP contribution in [0.15, 0.2) is 0 Å². The Hall–Kier alpha value is -0.690. The van der Waals surface area contributed by atoms with Gasteiger partial charge in [0.1, 0.15) is 0 Å². The van der Waals surface area contributed by atoms with Gasteiger partial charge in [0.15, 0.2) is 6.10 Å².